The van der Waals surface area contributed by atoms with E-state index in [0.717, 1.165) is 12.8 Å². The molecule has 0 aromatic rings. The lowest BCUT2D eigenvalue weighted by Gasteiger charge is -2.15. The minimum atomic E-state index is 0.407. The Balaban J connectivity index is 3.89. The highest BCUT2D eigenvalue weighted by atomic mass is 14.5. The van der Waals surface area contributed by atoms with Crippen molar-refractivity contribution in [2.24, 2.45) is 11.1 Å². The molecule has 0 fully saturated rings. The average Bonchev–Trinajstić information content (AvgIpc) is 2.13. The molecule has 0 rings (SSSR count). The van der Waals surface area contributed by atoms with Crippen LogP contribution in [0.2, 0.25) is 0 Å². The summed E-state index contributed by atoms with van der Waals surface area (Å²) in [6, 6.07) is 0. The molecule has 0 radical (unpaired) electrons. The Labute approximate surface area is 95.4 Å². The first kappa shape index (κ1) is 14.4. The zero-order valence-corrected chi connectivity index (χ0v) is 11.1. The third-order valence-corrected chi connectivity index (χ3v) is 2.42. The maximum atomic E-state index is 5.52. The Morgan fingerprint density at radius 2 is 1.67 bits per heavy atom. The molecule has 1 nitrogen and oxygen atoms in total. The fourth-order valence-electron chi connectivity index (χ4n) is 1.21. The molecule has 0 saturated heterocycles. The smallest absolute Gasteiger partial charge is 0.0134 e. The lowest BCUT2D eigenvalue weighted by Crippen LogP contribution is -2.02. The van der Waals surface area contributed by atoms with Crippen molar-refractivity contribution in [3.8, 4) is 0 Å². The predicted molar refractivity (Wildman–Crippen MR) is 69.9 cm³/mol. The van der Waals surface area contributed by atoms with Crippen molar-refractivity contribution < 1.29 is 0 Å². The molecule has 0 aliphatic carbocycles. The molecule has 0 spiro atoms. The summed E-state index contributed by atoms with van der Waals surface area (Å²) >= 11 is 0. The lowest BCUT2D eigenvalue weighted by molar-refractivity contribution is 0.419. The van der Waals surface area contributed by atoms with Crippen molar-refractivity contribution in [2.75, 3.05) is 6.54 Å². The largest absolute Gasteiger partial charge is 0.327 e. The highest BCUT2D eigenvalue weighted by Gasteiger charge is 2.07. The Morgan fingerprint density at radius 3 is 2.13 bits per heavy atom. The number of hydrogen-bond acceptors (Lipinski definition) is 1. The molecule has 0 aromatic carbocycles. The molecular formula is C14H27N. The SMILES string of the molecule is CC(=CCCC(C)=CCC(C)(C)C)CN. The summed E-state index contributed by atoms with van der Waals surface area (Å²) in [5.74, 6) is 0. The lowest BCUT2D eigenvalue weighted by atomic mass is 9.91. The molecule has 0 aliphatic heterocycles. The van der Waals surface area contributed by atoms with E-state index in [1.54, 1.807) is 0 Å². The molecule has 15 heavy (non-hydrogen) atoms. The summed E-state index contributed by atoms with van der Waals surface area (Å²) in [6.07, 6.45) is 8.06. The van der Waals surface area contributed by atoms with E-state index in [-0.39, 0.29) is 0 Å². The van der Waals surface area contributed by atoms with E-state index in [4.69, 9.17) is 5.73 Å². The molecule has 2 N–H and O–H groups in total. The zero-order valence-electron chi connectivity index (χ0n) is 11.1. The van der Waals surface area contributed by atoms with Crippen LogP contribution in [0.15, 0.2) is 23.3 Å². The van der Waals surface area contributed by atoms with Gasteiger partial charge in [0.15, 0.2) is 0 Å². The van der Waals surface area contributed by atoms with E-state index in [2.05, 4.69) is 46.8 Å². The molecular weight excluding hydrogens is 182 g/mol. The van der Waals surface area contributed by atoms with Gasteiger partial charge in [-0.15, -0.1) is 0 Å². The number of allylic oxidation sites excluding steroid dienone is 3. The Hall–Kier alpha value is -0.560. The topological polar surface area (TPSA) is 26.0 Å². The molecule has 0 unspecified atom stereocenters. The van der Waals surface area contributed by atoms with Gasteiger partial charge in [0.1, 0.15) is 0 Å². The molecule has 0 amide bonds. The summed E-state index contributed by atoms with van der Waals surface area (Å²) in [5, 5.41) is 0. The van der Waals surface area contributed by atoms with Gasteiger partial charge in [-0.2, -0.15) is 0 Å². The van der Waals surface area contributed by atoms with Crippen LogP contribution in [0, 0.1) is 5.41 Å². The predicted octanol–water partition coefficient (Wildman–Crippen LogP) is 4.05. The van der Waals surface area contributed by atoms with Gasteiger partial charge in [-0.3, -0.25) is 0 Å². The summed E-state index contributed by atoms with van der Waals surface area (Å²) in [7, 11) is 0. The molecule has 0 heterocycles. The van der Waals surface area contributed by atoms with Crippen molar-refractivity contribution in [1.82, 2.24) is 0 Å². The van der Waals surface area contributed by atoms with Crippen LogP contribution in [0.3, 0.4) is 0 Å². The number of nitrogens with two attached hydrogens (primary N) is 1. The molecule has 0 aliphatic rings. The Bertz CT molecular complexity index is 228. The van der Waals surface area contributed by atoms with Crippen molar-refractivity contribution in [2.45, 2.75) is 53.9 Å². The second kappa shape index (κ2) is 6.84. The highest BCUT2D eigenvalue weighted by Crippen LogP contribution is 2.20. The van der Waals surface area contributed by atoms with E-state index >= 15 is 0 Å². The van der Waals surface area contributed by atoms with Crippen LogP contribution in [0.4, 0.5) is 0 Å². The molecule has 0 aromatic heterocycles. The molecule has 1 heteroatoms. The van der Waals surface area contributed by atoms with Crippen molar-refractivity contribution in [3.05, 3.63) is 23.3 Å². The third-order valence-electron chi connectivity index (χ3n) is 2.42. The average molecular weight is 209 g/mol. The molecule has 88 valence electrons. The van der Waals surface area contributed by atoms with Gasteiger partial charge in [0.25, 0.3) is 0 Å². The van der Waals surface area contributed by atoms with Crippen molar-refractivity contribution >= 4 is 0 Å². The second-order valence-corrected chi connectivity index (χ2v) is 5.61. The summed E-state index contributed by atoms with van der Waals surface area (Å²) in [4.78, 5) is 0. The first-order valence-electron chi connectivity index (χ1n) is 5.86. The number of rotatable bonds is 5. The number of hydrogen-bond donors (Lipinski definition) is 1. The molecule has 0 atom stereocenters. The van der Waals surface area contributed by atoms with Crippen LogP contribution in [0.25, 0.3) is 0 Å². The fourth-order valence-corrected chi connectivity index (χ4v) is 1.21. The summed E-state index contributed by atoms with van der Waals surface area (Å²) in [5.41, 5.74) is 8.71. The Kier molecular flexibility index (Phi) is 6.58. The van der Waals surface area contributed by atoms with E-state index in [9.17, 15) is 0 Å². The fraction of sp³-hybridized carbons (Fsp3) is 0.714. The Morgan fingerprint density at radius 1 is 1.07 bits per heavy atom. The minimum absolute atomic E-state index is 0.407. The normalized spacial score (nSPS) is 14.5. The van der Waals surface area contributed by atoms with Gasteiger partial charge >= 0.3 is 0 Å². The van der Waals surface area contributed by atoms with Gasteiger partial charge in [0, 0.05) is 6.54 Å². The third kappa shape index (κ3) is 9.74. The van der Waals surface area contributed by atoms with Crippen LogP contribution in [0.5, 0.6) is 0 Å². The van der Waals surface area contributed by atoms with Crippen LogP contribution >= 0.6 is 0 Å². The molecule has 0 bridgehead atoms. The van der Waals surface area contributed by atoms with Gasteiger partial charge in [-0.05, 0) is 38.5 Å². The first-order chi connectivity index (χ1) is 6.85. The maximum absolute atomic E-state index is 5.52. The van der Waals surface area contributed by atoms with E-state index in [1.807, 2.05) is 0 Å². The molecule has 0 saturated carbocycles. The van der Waals surface area contributed by atoms with E-state index in [0.29, 0.717) is 12.0 Å². The zero-order chi connectivity index (χ0) is 11.9. The minimum Gasteiger partial charge on any atom is -0.327 e. The van der Waals surface area contributed by atoms with Gasteiger partial charge < -0.3 is 5.73 Å². The maximum Gasteiger partial charge on any atom is 0.0134 e. The van der Waals surface area contributed by atoms with Gasteiger partial charge in [0.05, 0.1) is 0 Å². The quantitative estimate of drug-likeness (QED) is 0.679. The van der Waals surface area contributed by atoms with E-state index < -0.39 is 0 Å². The summed E-state index contributed by atoms with van der Waals surface area (Å²) < 4.78 is 0. The summed E-state index contributed by atoms with van der Waals surface area (Å²) in [6.45, 7) is 11.8. The van der Waals surface area contributed by atoms with Gasteiger partial charge in [-0.25, -0.2) is 0 Å². The first-order valence-corrected chi connectivity index (χ1v) is 5.86. The van der Waals surface area contributed by atoms with Crippen molar-refractivity contribution in [3.63, 3.8) is 0 Å². The van der Waals surface area contributed by atoms with Gasteiger partial charge in [0.2, 0.25) is 0 Å². The van der Waals surface area contributed by atoms with Crippen LogP contribution in [-0.2, 0) is 0 Å². The van der Waals surface area contributed by atoms with Crippen LogP contribution < -0.4 is 5.73 Å². The van der Waals surface area contributed by atoms with Gasteiger partial charge in [-0.1, -0.05) is 44.1 Å². The van der Waals surface area contributed by atoms with Crippen molar-refractivity contribution in [1.29, 1.82) is 0 Å². The van der Waals surface area contributed by atoms with Crippen LogP contribution in [-0.4, -0.2) is 6.54 Å². The highest BCUT2D eigenvalue weighted by molar-refractivity contribution is 5.04. The standard InChI is InChI=1S/C14H27N/c1-12(9-10-14(3,4)5)7-6-8-13(2)11-15/h8-9H,6-7,10-11,15H2,1-5H3. The van der Waals surface area contributed by atoms with E-state index in [1.165, 1.54) is 17.6 Å². The monoisotopic (exact) mass is 209 g/mol. The van der Waals surface area contributed by atoms with Crippen LogP contribution in [0.1, 0.15) is 53.9 Å². The second-order valence-electron chi connectivity index (χ2n) is 5.61.